The summed E-state index contributed by atoms with van der Waals surface area (Å²) in [6.45, 7) is 9.97. The van der Waals surface area contributed by atoms with E-state index >= 15 is 0 Å². The van der Waals surface area contributed by atoms with Gasteiger partial charge in [0.05, 0.1) is 11.4 Å². The van der Waals surface area contributed by atoms with Crippen LogP contribution in [0.3, 0.4) is 0 Å². The minimum Gasteiger partial charge on any atom is -0.376 e. The summed E-state index contributed by atoms with van der Waals surface area (Å²) in [7, 11) is -3.72. The van der Waals surface area contributed by atoms with Crippen molar-refractivity contribution >= 4 is 27.5 Å². The zero-order valence-corrected chi connectivity index (χ0v) is 20.0. The third kappa shape index (κ3) is 7.65. The van der Waals surface area contributed by atoms with Gasteiger partial charge in [-0.1, -0.05) is 50.6 Å². The molecule has 0 aliphatic rings. The lowest BCUT2D eigenvalue weighted by Gasteiger charge is -2.19. The molecule has 0 saturated heterocycles. The molecule has 0 heterocycles. The maximum absolute atomic E-state index is 12.4. The van der Waals surface area contributed by atoms with E-state index in [1.54, 1.807) is 24.3 Å². The number of amides is 2. The van der Waals surface area contributed by atoms with Crippen LogP contribution in [0, 0.1) is 13.8 Å². The van der Waals surface area contributed by atoms with Crippen molar-refractivity contribution in [2.75, 3.05) is 18.4 Å². The average molecular weight is 461 g/mol. The average Bonchev–Trinajstić information content (AvgIpc) is 2.71. The molecule has 32 heavy (non-hydrogen) atoms. The van der Waals surface area contributed by atoms with Crippen LogP contribution in [0.4, 0.5) is 5.69 Å². The van der Waals surface area contributed by atoms with Crippen molar-refractivity contribution in [3.63, 3.8) is 0 Å². The molecular formula is C23H32N4O4S. The van der Waals surface area contributed by atoms with Crippen LogP contribution in [-0.4, -0.2) is 33.3 Å². The van der Waals surface area contributed by atoms with Crippen LogP contribution in [-0.2, 0) is 25.0 Å². The van der Waals surface area contributed by atoms with Gasteiger partial charge in [0.2, 0.25) is 15.9 Å². The summed E-state index contributed by atoms with van der Waals surface area (Å²) in [6, 6.07) is 12.5. The number of rotatable bonds is 8. The molecule has 9 heteroatoms. The fraction of sp³-hybridized carbons (Fsp3) is 0.391. The van der Waals surface area contributed by atoms with Gasteiger partial charge in [-0.15, -0.1) is 0 Å². The second-order valence-corrected chi connectivity index (χ2v) is 10.5. The number of anilines is 1. The highest BCUT2D eigenvalue weighted by Crippen LogP contribution is 2.23. The van der Waals surface area contributed by atoms with Crippen molar-refractivity contribution < 1.29 is 18.0 Å². The van der Waals surface area contributed by atoms with E-state index in [2.05, 4.69) is 20.9 Å². The molecule has 0 unspecified atom stereocenters. The molecule has 0 bridgehead atoms. The van der Waals surface area contributed by atoms with Crippen molar-refractivity contribution in [1.82, 2.24) is 15.6 Å². The molecule has 0 radical (unpaired) electrons. The number of nitrogens with one attached hydrogen (secondary N) is 4. The molecule has 4 N–H and O–H groups in total. The summed E-state index contributed by atoms with van der Waals surface area (Å²) in [5.74, 6) is -0.923. The lowest BCUT2D eigenvalue weighted by atomic mass is 9.87. The number of aryl methyl sites for hydroxylation is 2. The lowest BCUT2D eigenvalue weighted by molar-refractivity contribution is -0.127. The number of hydrogen-bond donors (Lipinski definition) is 4. The molecule has 2 aromatic rings. The van der Waals surface area contributed by atoms with Gasteiger partial charge in [0.25, 0.3) is 5.91 Å². The Bertz CT molecular complexity index is 1060. The molecule has 8 nitrogen and oxygen atoms in total. The smallest absolute Gasteiger partial charge is 0.257 e. The summed E-state index contributed by atoms with van der Waals surface area (Å²) >= 11 is 0. The van der Waals surface area contributed by atoms with E-state index in [0.29, 0.717) is 0 Å². The fourth-order valence-corrected chi connectivity index (χ4v) is 3.98. The highest BCUT2D eigenvalue weighted by Gasteiger charge is 2.17. The molecule has 0 spiro atoms. The number of carbonyl (C=O) groups is 2. The van der Waals surface area contributed by atoms with Gasteiger partial charge in [0.15, 0.2) is 0 Å². The number of carbonyl (C=O) groups excluding carboxylic acids is 2. The fourth-order valence-electron chi connectivity index (χ4n) is 2.95. The predicted octanol–water partition coefficient (Wildman–Crippen LogP) is 2.53. The molecule has 2 aromatic carbocycles. The first-order chi connectivity index (χ1) is 14.9. The van der Waals surface area contributed by atoms with E-state index < -0.39 is 21.8 Å². The van der Waals surface area contributed by atoms with Crippen molar-refractivity contribution in [3.8, 4) is 0 Å². The number of hydrazine groups is 1. The van der Waals surface area contributed by atoms with E-state index in [0.717, 1.165) is 22.4 Å². The van der Waals surface area contributed by atoms with E-state index in [-0.39, 0.29) is 29.8 Å². The third-order valence-corrected chi connectivity index (χ3v) is 6.31. The maximum atomic E-state index is 12.4. The normalized spacial score (nSPS) is 11.7. The molecule has 2 rings (SSSR count). The highest BCUT2D eigenvalue weighted by molar-refractivity contribution is 7.89. The summed E-state index contributed by atoms with van der Waals surface area (Å²) in [5.41, 5.74) is 8.51. The highest BCUT2D eigenvalue weighted by atomic mass is 32.2. The third-order valence-electron chi connectivity index (χ3n) is 4.84. The molecule has 174 valence electrons. The largest absolute Gasteiger partial charge is 0.376 e. The zero-order valence-electron chi connectivity index (χ0n) is 19.2. The SMILES string of the molecule is Cc1ccc(NCC(=O)NNC(=O)CCNS(=O)(=O)c2ccc(C(C)(C)C)cc2)c(C)c1. The molecule has 0 aliphatic carbocycles. The van der Waals surface area contributed by atoms with Gasteiger partial charge < -0.3 is 5.32 Å². The minimum absolute atomic E-state index is 0.0125. The standard InChI is InChI=1S/C23H32N4O4S/c1-16-6-11-20(17(2)14-16)24-15-22(29)27-26-21(28)12-13-25-32(30,31)19-9-7-18(8-10-19)23(3,4)5/h6-11,14,24-25H,12-13,15H2,1-5H3,(H,26,28)(H,27,29). The van der Waals surface area contributed by atoms with Gasteiger partial charge in [-0.25, -0.2) is 13.1 Å². The monoisotopic (exact) mass is 460 g/mol. The van der Waals surface area contributed by atoms with E-state index in [1.165, 1.54) is 0 Å². The first-order valence-corrected chi connectivity index (χ1v) is 11.9. The molecular weight excluding hydrogens is 428 g/mol. The Morgan fingerprint density at radius 2 is 1.53 bits per heavy atom. The Kier molecular flexibility index (Phi) is 8.40. The van der Waals surface area contributed by atoms with Gasteiger partial charge >= 0.3 is 0 Å². The van der Waals surface area contributed by atoms with Crippen LogP contribution >= 0.6 is 0 Å². The predicted molar refractivity (Wildman–Crippen MR) is 126 cm³/mol. The first kappa shape index (κ1) is 25.4. The van der Waals surface area contributed by atoms with Gasteiger partial charge in [0.1, 0.15) is 0 Å². The maximum Gasteiger partial charge on any atom is 0.257 e. The van der Waals surface area contributed by atoms with Crippen LogP contribution in [0.1, 0.15) is 43.9 Å². The summed E-state index contributed by atoms with van der Waals surface area (Å²) in [6.07, 6.45) is -0.121. The quantitative estimate of drug-likeness (QED) is 0.452. The topological polar surface area (TPSA) is 116 Å². The van der Waals surface area contributed by atoms with Gasteiger partial charge in [-0.2, -0.15) is 0 Å². The van der Waals surface area contributed by atoms with Crippen LogP contribution in [0.25, 0.3) is 0 Å². The first-order valence-electron chi connectivity index (χ1n) is 10.4. The summed E-state index contributed by atoms with van der Waals surface area (Å²) in [4.78, 5) is 24.0. The summed E-state index contributed by atoms with van der Waals surface area (Å²) in [5, 5.41) is 3.00. The Morgan fingerprint density at radius 1 is 0.906 bits per heavy atom. The van der Waals surface area contributed by atoms with Crippen molar-refractivity contribution in [2.45, 2.75) is 51.3 Å². The van der Waals surface area contributed by atoms with Gasteiger partial charge in [-0.05, 0) is 48.6 Å². The Balaban J connectivity index is 1.73. The molecule has 0 atom stereocenters. The zero-order chi connectivity index (χ0) is 23.9. The van der Waals surface area contributed by atoms with E-state index in [9.17, 15) is 18.0 Å². The van der Waals surface area contributed by atoms with Crippen molar-refractivity contribution in [1.29, 1.82) is 0 Å². The molecule has 0 fully saturated rings. The molecule has 0 saturated carbocycles. The van der Waals surface area contributed by atoms with Crippen LogP contribution in [0.5, 0.6) is 0 Å². The Labute approximate surface area is 190 Å². The Morgan fingerprint density at radius 3 is 2.12 bits per heavy atom. The van der Waals surface area contributed by atoms with Gasteiger partial charge in [0, 0.05) is 18.7 Å². The lowest BCUT2D eigenvalue weighted by Crippen LogP contribution is -2.45. The van der Waals surface area contributed by atoms with Crippen LogP contribution < -0.4 is 20.9 Å². The second kappa shape index (κ2) is 10.6. The second-order valence-electron chi connectivity index (χ2n) is 8.69. The molecule has 0 aromatic heterocycles. The number of benzene rings is 2. The number of sulfonamides is 1. The minimum atomic E-state index is -3.72. The van der Waals surface area contributed by atoms with E-state index in [1.807, 2.05) is 52.8 Å². The number of hydrogen-bond acceptors (Lipinski definition) is 5. The van der Waals surface area contributed by atoms with E-state index in [4.69, 9.17) is 0 Å². The van der Waals surface area contributed by atoms with Crippen molar-refractivity contribution in [2.24, 2.45) is 0 Å². The van der Waals surface area contributed by atoms with Crippen LogP contribution in [0.2, 0.25) is 0 Å². The molecule has 2 amide bonds. The van der Waals surface area contributed by atoms with Crippen LogP contribution in [0.15, 0.2) is 47.4 Å². The summed E-state index contributed by atoms with van der Waals surface area (Å²) < 4.78 is 27.2. The molecule has 0 aliphatic heterocycles. The van der Waals surface area contributed by atoms with Crippen molar-refractivity contribution in [3.05, 3.63) is 59.2 Å². The Hall–Kier alpha value is -2.91. The van der Waals surface area contributed by atoms with Gasteiger partial charge in [-0.3, -0.25) is 20.4 Å².